The quantitative estimate of drug-likeness (QED) is 0.522. The van der Waals surface area contributed by atoms with Crippen LogP contribution in [0.5, 0.6) is 5.75 Å². The first-order chi connectivity index (χ1) is 15.7. The average Bonchev–Trinajstić information content (AvgIpc) is 3.02. The molecule has 0 atom stereocenters. The average molecular weight is 441 g/mol. The van der Waals surface area contributed by atoms with Crippen LogP contribution in [0, 0.1) is 34.6 Å². The zero-order valence-corrected chi connectivity index (χ0v) is 19.9. The van der Waals surface area contributed by atoms with Crippen LogP contribution < -0.4 is 15.0 Å². The molecule has 3 aromatic rings. The number of imide groups is 1. The number of methoxy groups -OCH3 is 1. The van der Waals surface area contributed by atoms with Crippen LogP contribution in [0.15, 0.2) is 60.3 Å². The third kappa shape index (κ3) is 4.02. The number of rotatable bonds is 5. The van der Waals surface area contributed by atoms with E-state index >= 15 is 0 Å². The van der Waals surface area contributed by atoms with Gasteiger partial charge in [0.2, 0.25) is 0 Å². The summed E-state index contributed by atoms with van der Waals surface area (Å²) < 4.78 is 5.49. The number of anilines is 2. The van der Waals surface area contributed by atoms with Gasteiger partial charge in [0.05, 0.1) is 24.1 Å². The standard InChI is InChI=1S/C28H28N2O3/c1-16-7-12-24(33-6)23(13-16)29-26-25(21-10-8-17(2)19(4)14-21)27(31)30(28(26)32)22-11-9-18(3)20(5)15-22/h7-15,29H,1-6H3. The number of aryl methyl sites for hydroxylation is 5. The van der Waals surface area contributed by atoms with Crippen LogP contribution in [0.1, 0.15) is 33.4 Å². The Morgan fingerprint density at radius 2 is 1.39 bits per heavy atom. The monoisotopic (exact) mass is 440 g/mol. The third-order valence-electron chi connectivity index (χ3n) is 6.24. The molecule has 0 saturated heterocycles. The van der Waals surface area contributed by atoms with Gasteiger partial charge in [-0.15, -0.1) is 0 Å². The Bertz CT molecular complexity index is 1320. The van der Waals surface area contributed by atoms with E-state index in [2.05, 4.69) is 5.32 Å². The van der Waals surface area contributed by atoms with Crippen molar-refractivity contribution in [2.24, 2.45) is 0 Å². The van der Waals surface area contributed by atoms with Gasteiger partial charge in [-0.1, -0.05) is 30.3 Å². The summed E-state index contributed by atoms with van der Waals surface area (Å²) in [5.74, 6) is -0.141. The number of nitrogens with zero attached hydrogens (tertiary/aromatic N) is 1. The van der Waals surface area contributed by atoms with E-state index in [1.807, 2.05) is 89.2 Å². The van der Waals surface area contributed by atoms with Crippen LogP contribution in [0.2, 0.25) is 0 Å². The van der Waals surface area contributed by atoms with Crippen LogP contribution in [0.25, 0.3) is 5.57 Å². The van der Waals surface area contributed by atoms with Gasteiger partial charge in [-0.25, -0.2) is 4.90 Å². The van der Waals surface area contributed by atoms with E-state index in [4.69, 9.17) is 4.74 Å². The Kier molecular flexibility index (Phi) is 5.81. The molecule has 2 amide bonds. The maximum absolute atomic E-state index is 13.7. The molecule has 1 aliphatic heterocycles. The molecule has 0 bridgehead atoms. The molecule has 1 N–H and O–H groups in total. The second kappa shape index (κ2) is 8.58. The van der Waals surface area contributed by atoms with E-state index in [1.54, 1.807) is 7.11 Å². The molecule has 168 valence electrons. The smallest absolute Gasteiger partial charge is 0.282 e. The molecule has 0 unspecified atom stereocenters. The summed E-state index contributed by atoms with van der Waals surface area (Å²) in [7, 11) is 1.58. The number of ether oxygens (including phenoxy) is 1. The van der Waals surface area contributed by atoms with Crippen LogP contribution >= 0.6 is 0 Å². The second-order valence-corrected chi connectivity index (χ2v) is 8.59. The summed E-state index contributed by atoms with van der Waals surface area (Å²) >= 11 is 0. The lowest BCUT2D eigenvalue weighted by molar-refractivity contribution is -0.120. The van der Waals surface area contributed by atoms with Crippen LogP contribution in [0.4, 0.5) is 11.4 Å². The van der Waals surface area contributed by atoms with E-state index in [-0.39, 0.29) is 17.5 Å². The maximum Gasteiger partial charge on any atom is 0.282 e. The number of carbonyl (C=O) groups is 2. The van der Waals surface area contributed by atoms with Crippen molar-refractivity contribution in [1.82, 2.24) is 0 Å². The summed E-state index contributed by atoms with van der Waals surface area (Å²) in [6, 6.07) is 17.1. The Balaban J connectivity index is 1.88. The van der Waals surface area contributed by atoms with Gasteiger partial charge in [-0.2, -0.15) is 0 Å². The van der Waals surface area contributed by atoms with Crippen molar-refractivity contribution in [2.45, 2.75) is 34.6 Å². The van der Waals surface area contributed by atoms with Crippen LogP contribution in [0.3, 0.4) is 0 Å². The summed E-state index contributed by atoms with van der Waals surface area (Å²) in [5.41, 5.74) is 7.79. The van der Waals surface area contributed by atoms with E-state index in [1.165, 1.54) is 4.90 Å². The Labute approximate surface area is 194 Å². The van der Waals surface area contributed by atoms with Gasteiger partial charge in [0.1, 0.15) is 11.4 Å². The minimum Gasteiger partial charge on any atom is -0.495 e. The minimum atomic E-state index is -0.389. The highest BCUT2D eigenvalue weighted by atomic mass is 16.5. The van der Waals surface area contributed by atoms with Crippen LogP contribution in [-0.2, 0) is 9.59 Å². The first-order valence-corrected chi connectivity index (χ1v) is 10.9. The Morgan fingerprint density at radius 1 is 0.727 bits per heavy atom. The fourth-order valence-corrected chi connectivity index (χ4v) is 3.96. The molecule has 33 heavy (non-hydrogen) atoms. The highest BCUT2D eigenvalue weighted by Crippen LogP contribution is 2.36. The van der Waals surface area contributed by atoms with Gasteiger partial charge in [0.15, 0.2) is 0 Å². The molecule has 1 heterocycles. The number of hydrogen-bond donors (Lipinski definition) is 1. The molecule has 3 aromatic carbocycles. The second-order valence-electron chi connectivity index (χ2n) is 8.59. The molecule has 1 aliphatic rings. The largest absolute Gasteiger partial charge is 0.495 e. The van der Waals surface area contributed by atoms with Crippen molar-refractivity contribution in [2.75, 3.05) is 17.3 Å². The predicted molar refractivity (Wildman–Crippen MR) is 133 cm³/mol. The van der Waals surface area contributed by atoms with Crippen molar-refractivity contribution in [1.29, 1.82) is 0 Å². The molecule has 0 aromatic heterocycles. The molecule has 0 spiro atoms. The number of carbonyl (C=O) groups excluding carboxylic acids is 2. The molecule has 5 nitrogen and oxygen atoms in total. The zero-order valence-electron chi connectivity index (χ0n) is 19.9. The lowest BCUT2D eigenvalue weighted by atomic mass is 9.99. The molecule has 5 heteroatoms. The SMILES string of the molecule is COc1ccc(C)cc1NC1=C(c2ccc(C)c(C)c2)C(=O)N(c2ccc(C)c(C)c2)C1=O. The normalized spacial score (nSPS) is 13.7. The van der Waals surface area contributed by atoms with E-state index < -0.39 is 0 Å². The first-order valence-electron chi connectivity index (χ1n) is 10.9. The molecule has 0 radical (unpaired) electrons. The van der Waals surface area contributed by atoms with E-state index in [0.717, 1.165) is 27.8 Å². The summed E-state index contributed by atoms with van der Waals surface area (Å²) in [6.07, 6.45) is 0. The van der Waals surface area contributed by atoms with Gasteiger partial charge in [-0.05, 0) is 92.3 Å². The van der Waals surface area contributed by atoms with Crippen molar-refractivity contribution in [3.63, 3.8) is 0 Å². The predicted octanol–water partition coefficient (Wildman–Crippen LogP) is 5.63. The number of amides is 2. The summed E-state index contributed by atoms with van der Waals surface area (Å²) in [6.45, 7) is 9.96. The van der Waals surface area contributed by atoms with Crippen molar-refractivity contribution in [3.8, 4) is 5.75 Å². The van der Waals surface area contributed by atoms with E-state index in [0.29, 0.717) is 28.3 Å². The third-order valence-corrected chi connectivity index (χ3v) is 6.24. The van der Waals surface area contributed by atoms with Gasteiger partial charge < -0.3 is 10.1 Å². The fourth-order valence-electron chi connectivity index (χ4n) is 3.96. The van der Waals surface area contributed by atoms with Crippen molar-refractivity contribution >= 4 is 28.8 Å². The molecule has 4 rings (SSSR count). The zero-order chi connectivity index (χ0) is 23.9. The van der Waals surface area contributed by atoms with Crippen LogP contribution in [-0.4, -0.2) is 18.9 Å². The molecule has 0 saturated carbocycles. The summed E-state index contributed by atoms with van der Waals surface area (Å²) in [4.78, 5) is 28.6. The highest BCUT2D eigenvalue weighted by molar-refractivity contribution is 6.46. The lowest BCUT2D eigenvalue weighted by Gasteiger charge is -2.17. The fraction of sp³-hybridized carbons (Fsp3) is 0.214. The molecular weight excluding hydrogens is 412 g/mol. The van der Waals surface area contributed by atoms with Gasteiger partial charge in [-0.3, -0.25) is 9.59 Å². The van der Waals surface area contributed by atoms with E-state index in [9.17, 15) is 9.59 Å². The van der Waals surface area contributed by atoms with Gasteiger partial charge >= 0.3 is 0 Å². The number of benzene rings is 3. The Morgan fingerprint density at radius 3 is 2.03 bits per heavy atom. The topological polar surface area (TPSA) is 58.6 Å². The molecule has 0 fully saturated rings. The minimum absolute atomic E-state index is 0.241. The number of hydrogen-bond acceptors (Lipinski definition) is 4. The lowest BCUT2D eigenvalue weighted by Crippen LogP contribution is -2.32. The van der Waals surface area contributed by atoms with Gasteiger partial charge in [0.25, 0.3) is 11.8 Å². The number of nitrogens with one attached hydrogen (secondary N) is 1. The van der Waals surface area contributed by atoms with Gasteiger partial charge in [0, 0.05) is 0 Å². The highest BCUT2D eigenvalue weighted by Gasteiger charge is 2.40. The first kappa shape index (κ1) is 22.3. The Hall–Kier alpha value is -3.86. The maximum atomic E-state index is 13.7. The molecular formula is C28H28N2O3. The van der Waals surface area contributed by atoms with Crippen molar-refractivity contribution in [3.05, 3.63) is 93.7 Å². The van der Waals surface area contributed by atoms with Crippen molar-refractivity contribution < 1.29 is 14.3 Å². The molecule has 0 aliphatic carbocycles. The summed E-state index contributed by atoms with van der Waals surface area (Å²) in [5, 5.41) is 3.23.